The molecule has 0 heterocycles. The third-order valence-electron chi connectivity index (χ3n) is 5.84. The average molecular weight is 726 g/mol. The lowest BCUT2D eigenvalue weighted by atomic mass is 9.91. The highest BCUT2D eigenvalue weighted by Crippen LogP contribution is 2.54. The normalized spacial score (nSPS) is 12.3. The summed E-state index contributed by atoms with van der Waals surface area (Å²) < 4.78 is 138. The molecule has 0 aliphatic rings. The molecule has 236 valence electrons. The van der Waals surface area contributed by atoms with Crippen LogP contribution in [-0.2, 0) is 12.1 Å². The maximum atomic E-state index is 15.2. The number of carbonyl (C=O) groups is 2. The van der Waals surface area contributed by atoms with Crippen LogP contribution >= 0.6 is 27.5 Å². The predicted molar refractivity (Wildman–Crippen MR) is 136 cm³/mol. The topological polar surface area (TPSA) is 98.5 Å². The molecule has 0 unspecified atom stereocenters. The number of alkyl halides is 9. The van der Waals surface area contributed by atoms with E-state index in [-0.39, 0.29) is 17.7 Å². The molecule has 3 rings (SSSR count). The van der Waals surface area contributed by atoms with Gasteiger partial charge in [-0.1, -0.05) is 33.6 Å². The van der Waals surface area contributed by atoms with Crippen molar-refractivity contribution in [1.82, 2.24) is 0 Å². The second-order valence-electron chi connectivity index (χ2n) is 8.61. The van der Waals surface area contributed by atoms with Crippen LogP contribution in [0.25, 0.3) is 0 Å². The van der Waals surface area contributed by atoms with Crippen molar-refractivity contribution in [2.45, 2.75) is 31.1 Å². The van der Waals surface area contributed by atoms with Gasteiger partial charge < -0.3 is 10.1 Å². The lowest BCUT2D eigenvalue weighted by Gasteiger charge is -2.31. The molecule has 0 spiro atoms. The summed E-state index contributed by atoms with van der Waals surface area (Å²) in [6.07, 6.45) is -14.4. The van der Waals surface area contributed by atoms with E-state index in [1.165, 1.54) is 0 Å². The van der Waals surface area contributed by atoms with Gasteiger partial charge in [-0.3, -0.25) is 19.7 Å². The van der Waals surface area contributed by atoms with Crippen LogP contribution in [0, 0.1) is 15.9 Å². The van der Waals surface area contributed by atoms with Crippen molar-refractivity contribution in [3.05, 3.63) is 96.2 Å². The van der Waals surface area contributed by atoms with Gasteiger partial charge in [-0.05, 0) is 30.3 Å². The number of Topliss-reactive ketones (excluding diaryl/α,β-unsaturated/α-hetero) is 1. The Kier molecular flexibility index (Phi) is 9.89. The first kappa shape index (κ1) is 34.6. The number of non-ortho nitro benzene ring substituents is 1. The van der Waals surface area contributed by atoms with E-state index in [0.29, 0.717) is 0 Å². The van der Waals surface area contributed by atoms with Gasteiger partial charge in [0, 0.05) is 34.2 Å². The van der Waals surface area contributed by atoms with Crippen LogP contribution in [0.2, 0.25) is 5.02 Å². The Bertz CT molecular complexity index is 1620. The molecule has 0 bridgehead atoms. The lowest BCUT2D eigenvalue weighted by Crippen LogP contribution is -2.50. The van der Waals surface area contributed by atoms with E-state index in [1.807, 2.05) is 0 Å². The first-order valence-electron chi connectivity index (χ1n) is 11.4. The number of nitro benzene ring substituents is 1. The van der Waals surface area contributed by atoms with Crippen LogP contribution in [-0.4, -0.2) is 35.6 Å². The Morgan fingerprint density at radius 2 is 1.59 bits per heavy atom. The third-order valence-corrected chi connectivity index (χ3v) is 6.86. The molecular formula is C25H12BrClF10N2O5. The molecule has 19 heteroatoms. The van der Waals surface area contributed by atoms with Gasteiger partial charge in [0.15, 0.2) is 11.6 Å². The van der Waals surface area contributed by atoms with Crippen LogP contribution in [0.4, 0.5) is 55.3 Å². The van der Waals surface area contributed by atoms with Gasteiger partial charge >= 0.3 is 24.6 Å². The number of hydrogen-bond donors (Lipinski definition) is 1. The first-order chi connectivity index (χ1) is 20.2. The average Bonchev–Trinajstić information content (AvgIpc) is 2.89. The van der Waals surface area contributed by atoms with Crippen LogP contribution in [0.1, 0.15) is 31.8 Å². The zero-order valence-corrected chi connectivity index (χ0v) is 23.3. The van der Waals surface area contributed by atoms with Gasteiger partial charge in [-0.2, -0.15) is 35.1 Å². The maximum Gasteiger partial charge on any atom is 0.435 e. The minimum atomic E-state index is -6.60. The van der Waals surface area contributed by atoms with E-state index in [0.717, 1.165) is 36.4 Å². The molecule has 44 heavy (non-hydrogen) atoms. The molecule has 3 aromatic carbocycles. The van der Waals surface area contributed by atoms with Crippen molar-refractivity contribution in [1.29, 1.82) is 0 Å². The van der Waals surface area contributed by atoms with Gasteiger partial charge in [0.1, 0.15) is 5.75 Å². The number of rotatable bonds is 9. The fourth-order valence-electron chi connectivity index (χ4n) is 3.76. The fraction of sp³-hybridized carbons (Fsp3) is 0.200. The first-order valence-corrected chi connectivity index (χ1v) is 12.5. The summed E-state index contributed by atoms with van der Waals surface area (Å²) in [5.41, 5.74) is -11.3. The Morgan fingerprint density at radius 1 is 0.977 bits per heavy atom. The summed E-state index contributed by atoms with van der Waals surface area (Å²) >= 11 is 8.41. The van der Waals surface area contributed by atoms with Crippen LogP contribution in [0.15, 0.2) is 53.0 Å². The van der Waals surface area contributed by atoms with E-state index in [4.69, 9.17) is 11.6 Å². The number of nitrogens with zero attached hydrogens (tertiary/aromatic N) is 1. The van der Waals surface area contributed by atoms with Crippen molar-refractivity contribution >= 4 is 50.6 Å². The molecule has 0 aliphatic carbocycles. The highest BCUT2D eigenvalue weighted by atomic mass is 79.9. The zero-order chi connectivity index (χ0) is 33.4. The van der Waals surface area contributed by atoms with Crippen molar-refractivity contribution in [2.24, 2.45) is 0 Å². The van der Waals surface area contributed by atoms with Crippen molar-refractivity contribution in [2.75, 3.05) is 5.32 Å². The molecule has 1 amide bonds. The van der Waals surface area contributed by atoms with Gasteiger partial charge in [-0.25, -0.2) is 8.78 Å². The fourth-order valence-corrected chi connectivity index (χ4v) is 4.60. The Labute approximate surface area is 252 Å². The molecule has 0 radical (unpaired) electrons. The number of ketones is 1. The number of ether oxygens (including phenoxy) is 1. The molecule has 3 aromatic rings. The molecule has 0 atom stereocenters. The largest absolute Gasteiger partial charge is 0.435 e. The number of nitrogens with one attached hydrogen (secondary N) is 1. The van der Waals surface area contributed by atoms with Crippen molar-refractivity contribution in [3.63, 3.8) is 0 Å². The predicted octanol–water partition coefficient (Wildman–Crippen LogP) is 8.72. The Balaban J connectivity index is 2.00. The SMILES string of the molecule is O=C(Nc1cccc(C(=O)Cc2c(Br)cc(C(F)(C(F)(F)F)C(F)(F)F)cc2OC(F)F)c1F)c1ccc([N+](=O)[O-])cc1Cl. The second kappa shape index (κ2) is 12.6. The number of halogens is 12. The number of nitro groups is 1. The van der Waals surface area contributed by atoms with Crippen LogP contribution in [0.5, 0.6) is 5.75 Å². The molecular weight excluding hydrogens is 714 g/mol. The van der Waals surface area contributed by atoms with E-state index < -0.39 is 96.8 Å². The highest BCUT2D eigenvalue weighted by Gasteiger charge is 2.73. The summed E-state index contributed by atoms with van der Waals surface area (Å²) in [5.74, 6) is -5.24. The van der Waals surface area contributed by atoms with E-state index in [9.17, 15) is 59.2 Å². The lowest BCUT2D eigenvalue weighted by molar-refractivity contribution is -0.384. The second-order valence-corrected chi connectivity index (χ2v) is 9.87. The summed E-state index contributed by atoms with van der Waals surface area (Å²) in [6.45, 7) is -3.86. The molecule has 0 aliphatic heterocycles. The third kappa shape index (κ3) is 6.90. The molecule has 0 fully saturated rings. The minimum absolute atomic E-state index is 0.0388. The van der Waals surface area contributed by atoms with Crippen LogP contribution < -0.4 is 10.1 Å². The summed E-state index contributed by atoms with van der Waals surface area (Å²) in [4.78, 5) is 35.6. The van der Waals surface area contributed by atoms with Crippen molar-refractivity contribution in [3.8, 4) is 5.75 Å². The molecule has 0 saturated carbocycles. The van der Waals surface area contributed by atoms with Gasteiger partial charge in [0.05, 0.1) is 26.8 Å². The quantitative estimate of drug-likeness (QED) is 0.103. The molecule has 1 N–H and O–H groups in total. The van der Waals surface area contributed by atoms with Gasteiger partial charge in [0.25, 0.3) is 11.6 Å². The molecule has 7 nitrogen and oxygen atoms in total. The highest BCUT2D eigenvalue weighted by molar-refractivity contribution is 9.10. The number of hydrogen-bond acceptors (Lipinski definition) is 5. The van der Waals surface area contributed by atoms with Gasteiger partial charge in [0.2, 0.25) is 0 Å². The zero-order valence-electron chi connectivity index (χ0n) is 20.9. The monoisotopic (exact) mass is 724 g/mol. The van der Waals surface area contributed by atoms with E-state index in [2.05, 4.69) is 26.0 Å². The summed E-state index contributed by atoms with van der Waals surface area (Å²) in [5, 5.41) is 12.5. The standard InChI is InChI=1S/C25H12BrClF10N2O5/c26-15-6-10(23(31,24(32,33)34)25(35,36)37)7-19(44-22(29)30)14(15)9-18(40)13-2-1-3-17(20(13)28)38-21(41)12-5-4-11(39(42)43)8-16(12)27/h1-8,22H,9H2,(H,38,41). The minimum Gasteiger partial charge on any atom is -0.434 e. The van der Waals surface area contributed by atoms with E-state index >= 15 is 4.39 Å². The van der Waals surface area contributed by atoms with Crippen molar-refractivity contribution < 1.29 is 63.2 Å². The van der Waals surface area contributed by atoms with Gasteiger partial charge in [-0.15, -0.1) is 0 Å². The maximum absolute atomic E-state index is 15.2. The van der Waals surface area contributed by atoms with E-state index in [1.54, 1.807) is 0 Å². The molecule has 0 aromatic heterocycles. The molecule has 0 saturated heterocycles. The number of benzene rings is 3. The smallest absolute Gasteiger partial charge is 0.434 e. The number of carbonyl (C=O) groups excluding carboxylic acids is 2. The number of anilines is 1. The Hall–Kier alpha value is -3.93. The summed E-state index contributed by atoms with van der Waals surface area (Å²) in [6, 6.07) is 5.24. The number of amides is 1. The van der Waals surface area contributed by atoms with Crippen LogP contribution in [0.3, 0.4) is 0 Å². The summed E-state index contributed by atoms with van der Waals surface area (Å²) in [7, 11) is 0. The Morgan fingerprint density at radius 3 is 2.11 bits per heavy atom.